The number of fused-ring (bicyclic) bond motifs is 3. The van der Waals surface area contributed by atoms with Gasteiger partial charge in [-0.1, -0.05) is 42.5 Å². The maximum atomic E-state index is 13.7. The highest BCUT2D eigenvalue weighted by molar-refractivity contribution is 6.08. The van der Waals surface area contributed by atoms with E-state index in [1.54, 1.807) is 54.6 Å². The van der Waals surface area contributed by atoms with Crippen LogP contribution in [0.15, 0.2) is 59.7 Å². The number of hydrazone groups is 1. The van der Waals surface area contributed by atoms with Crippen molar-refractivity contribution in [3.8, 4) is 5.75 Å². The Bertz CT molecular complexity index is 991. The molecule has 0 bridgehead atoms. The molecule has 2 aliphatic heterocycles. The molecular formula is C23H24F3N3O2. The van der Waals surface area contributed by atoms with E-state index in [0.29, 0.717) is 47.0 Å². The molecule has 2 atom stereocenters. The first-order valence-corrected chi connectivity index (χ1v) is 10.2. The second-order valence-electron chi connectivity index (χ2n) is 8.16. The number of rotatable bonds is 5. The third-order valence-corrected chi connectivity index (χ3v) is 5.93. The SMILES string of the molecule is CN(C)CCCC1(c2ccccc2)C2COc3ccccc3C2=NN1C(=O)C(F)(F)F. The largest absolute Gasteiger partial charge is 0.492 e. The minimum Gasteiger partial charge on any atom is -0.492 e. The van der Waals surface area contributed by atoms with Gasteiger partial charge in [-0.25, -0.2) is 5.01 Å². The summed E-state index contributed by atoms with van der Waals surface area (Å²) in [5.74, 6) is -1.91. The van der Waals surface area contributed by atoms with E-state index in [0.717, 1.165) is 0 Å². The van der Waals surface area contributed by atoms with Gasteiger partial charge in [0.15, 0.2) is 0 Å². The van der Waals surface area contributed by atoms with E-state index in [2.05, 4.69) is 5.10 Å². The summed E-state index contributed by atoms with van der Waals surface area (Å²) in [4.78, 5) is 14.6. The first-order valence-electron chi connectivity index (χ1n) is 10.2. The van der Waals surface area contributed by atoms with Gasteiger partial charge in [0, 0.05) is 5.56 Å². The number of benzene rings is 2. The molecule has 4 rings (SSSR count). The Kier molecular flexibility index (Phi) is 5.51. The van der Waals surface area contributed by atoms with Crippen molar-refractivity contribution in [2.45, 2.75) is 24.6 Å². The van der Waals surface area contributed by atoms with Gasteiger partial charge in [0.1, 0.15) is 11.3 Å². The number of amides is 1. The lowest BCUT2D eigenvalue weighted by atomic mass is 9.71. The summed E-state index contributed by atoms with van der Waals surface area (Å²) in [5, 5.41) is 5.02. The van der Waals surface area contributed by atoms with Crippen LogP contribution in [0.25, 0.3) is 0 Å². The first kappa shape index (κ1) is 21.4. The molecule has 164 valence electrons. The lowest BCUT2D eigenvalue weighted by Gasteiger charge is -2.42. The molecule has 31 heavy (non-hydrogen) atoms. The van der Waals surface area contributed by atoms with Crippen LogP contribution in [0.1, 0.15) is 24.0 Å². The highest BCUT2D eigenvalue weighted by atomic mass is 19.4. The van der Waals surface area contributed by atoms with Gasteiger partial charge in [0.05, 0.1) is 18.2 Å². The maximum Gasteiger partial charge on any atom is 0.473 e. The number of para-hydroxylation sites is 1. The van der Waals surface area contributed by atoms with Gasteiger partial charge in [0.2, 0.25) is 0 Å². The van der Waals surface area contributed by atoms with E-state index in [9.17, 15) is 18.0 Å². The lowest BCUT2D eigenvalue weighted by Crippen LogP contribution is -2.54. The predicted molar refractivity (Wildman–Crippen MR) is 111 cm³/mol. The maximum absolute atomic E-state index is 13.7. The Morgan fingerprint density at radius 3 is 2.52 bits per heavy atom. The second kappa shape index (κ2) is 8.00. The van der Waals surface area contributed by atoms with E-state index in [1.807, 2.05) is 19.0 Å². The van der Waals surface area contributed by atoms with Crippen molar-refractivity contribution in [1.82, 2.24) is 9.91 Å². The van der Waals surface area contributed by atoms with Gasteiger partial charge in [0.25, 0.3) is 0 Å². The number of hydrogen-bond acceptors (Lipinski definition) is 4. The van der Waals surface area contributed by atoms with Crippen LogP contribution in [0.3, 0.4) is 0 Å². The zero-order chi connectivity index (χ0) is 22.2. The number of carbonyl (C=O) groups excluding carboxylic acids is 1. The summed E-state index contributed by atoms with van der Waals surface area (Å²) in [5.41, 5.74) is 0.433. The molecule has 0 aromatic heterocycles. The van der Waals surface area contributed by atoms with Gasteiger partial charge in [-0.05, 0) is 51.2 Å². The number of alkyl halides is 3. The average Bonchev–Trinajstić information content (AvgIpc) is 3.08. The molecular weight excluding hydrogens is 407 g/mol. The van der Waals surface area contributed by atoms with Crippen LogP contribution in [0.5, 0.6) is 5.75 Å². The topological polar surface area (TPSA) is 45.1 Å². The van der Waals surface area contributed by atoms with Crippen molar-refractivity contribution in [3.63, 3.8) is 0 Å². The first-order chi connectivity index (χ1) is 14.7. The van der Waals surface area contributed by atoms with Gasteiger partial charge >= 0.3 is 12.1 Å². The number of carbonyl (C=O) groups is 1. The minimum atomic E-state index is -5.04. The number of hydrogen-bond donors (Lipinski definition) is 0. The van der Waals surface area contributed by atoms with Crippen molar-refractivity contribution in [1.29, 1.82) is 0 Å². The molecule has 0 N–H and O–H groups in total. The van der Waals surface area contributed by atoms with Crippen LogP contribution in [0.2, 0.25) is 0 Å². The zero-order valence-electron chi connectivity index (χ0n) is 17.4. The Hall–Kier alpha value is -2.87. The summed E-state index contributed by atoms with van der Waals surface area (Å²) in [6.07, 6.45) is -4.13. The minimum absolute atomic E-state index is 0.147. The summed E-state index contributed by atoms with van der Waals surface area (Å²) >= 11 is 0. The summed E-state index contributed by atoms with van der Waals surface area (Å²) in [6.45, 7) is 0.816. The molecule has 0 aliphatic carbocycles. The number of halogens is 3. The van der Waals surface area contributed by atoms with Crippen molar-refractivity contribution >= 4 is 11.6 Å². The van der Waals surface area contributed by atoms with Crippen molar-refractivity contribution in [3.05, 3.63) is 65.7 Å². The Morgan fingerprint density at radius 1 is 1.16 bits per heavy atom. The lowest BCUT2D eigenvalue weighted by molar-refractivity contribution is -0.193. The van der Waals surface area contributed by atoms with E-state index >= 15 is 0 Å². The van der Waals surface area contributed by atoms with E-state index < -0.39 is 23.5 Å². The quantitative estimate of drug-likeness (QED) is 0.718. The van der Waals surface area contributed by atoms with Crippen molar-refractivity contribution in [2.24, 2.45) is 11.0 Å². The monoisotopic (exact) mass is 431 g/mol. The highest BCUT2D eigenvalue weighted by Gasteiger charge is 2.60. The predicted octanol–water partition coefficient (Wildman–Crippen LogP) is 4.04. The van der Waals surface area contributed by atoms with Gasteiger partial charge in [-0.3, -0.25) is 4.79 Å². The molecule has 0 spiro atoms. The average molecular weight is 431 g/mol. The fraction of sp³-hybridized carbons (Fsp3) is 0.391. The van der Waals surface area contributed by atoms with Gasteiger partial charge in [-0.2, -0.15) is 18.3 Å². The standard InChI is InChI=1S/C23H24F3N3O2/c1-28(2)14-8-13-22(16-9-4-3-5-10-16)18-15-31-19-12-7-6-11-17(19)20(18)27-29(22)21(30)23(24,25)26/h3-7,9-12,18H,8,13-15H2,1-2H3. The third-order valence-electron chi connectivity index (χ3n) is 5.93. The normalized spacial score (nSPS) is 22.6. The molecule has 0 radical (unpaired) electrons. The van der Waals surface area contributed by atoms with E-state index in [4.69, 9.17) is 4.74 Å². The van der Waals surface area contributed by atoms with E-state index in [-0.39, 0.29) is 6.61 Å². The van der Waals surface area contributed by atoms with Gasteiger partial charge in [-0.15, -0.1) is 0 Å². The van der Waals surface area contributed by atoms with E-state index in [1.165, 1.54) is 0 Å². The van der Waals surface area contributed by atoms with Crippen LogP contribution in [-0.2, 0) is 10.3 Å². The summed E-state index contributed by atoms with van der Waals surface area (Å²) in [7, 11) is 3.81. The molecule has 2 aromatic rings. The second-order valence-corrected chi connectivity index (χ2v) is 8.16. The fourth-order valence-corrected chi connectivity index (χ4v) is 4.56. The fourth-order valence-electron chi connectivity index (χ4n) is 4.56. The molecule has 1 amide bonds. The molecule has 0 saturated carbocycles. The van der Waals surface area contributed by atoms with Crippen LogP contribution in [0, 0.1) is 5.92 Å². The van der Waals surface area contributed by atoms with Crippen molar-refractivity contribution < 1.29 is 22.7 Å². The molecule has 2 unspecified atom stereocenters. The Morgan fingerprint density at radius 2 is 1.84 bits per heavy atom. The molecule has 0 fully saturated rings. The smallest absolute Gasteiger partial charge is 0.473 e. The summed E-state index contributed by atoms with van der Waals surface area (Å²) < 4.78 is 47.0. The van der Waals surface area contributed by atoms with Crippen LogP contribution >= 0.6 is 0 Å². The molecule has 2 aliphatic rings. The zero-order valence-corrected chi connectivity index (χ0v) is 17.4. The molecule has 0 saturated heterocycles. The Labute approximate surface area is 179 Å². The highest BCUT2D eigenvalue weighted by Crippen LogP contribution is 2.50. The molecule has 5 nitrogen and oxygen atoms in total. The third kappa shape index (κ3) is 3.69. The molecule has 2 aromatic carbocycles. The van der Waals surface area contributed by atoms with Crippen LogP contribution in [0.4, 0.5) is 13.2 Å². The van der Waals surface area contributed by atoms with Crippen LogP contribution in [-0.4, -0.2) is 55.0 Å². The molecule has 2 heterocycles. The number of ether oxygens (including phenoxy) is 1. The summed E-state index contributed by atoms with van der Waals surface area (Å²) in [6, 6.07) is 16.0. The van der Waals surface area contributed by atoms with Crippen molar-refractivity contribution in [2.75, 3.05) is 27.2 Å². The Balaban J connectivity index is 1.89. The van der Waals surface area contributed by atoms with Gasteiger partial charge < -0.3 is 9.64 Å². The van der Waals surface area contributed by atoms with Crippen LogP contribution < -0.4 is 4.74 Å². The number of nitrogens with zero attached hydrogens (tertiary/aromatic N) is 3. The molecule has 8 heteroatoms.